The fourth-order valence-electron chi connectivity index (χ4n) is 2.79. The van der Waals surface area contributed by atoms with Crippen LogP contribution in [0.15, 0.2) is 0 Å². The van der Waals surface area contributed by atoms with Crippen LogP contribution < -0.4 is 5.73 Å². The first-order valence-corrected chi connectivity index (χ1v) is 10.4. The predicted molar refractivity (Wildman–Crippen MR) is 108 cm³/mol. The molecule has 0 aromatic heterocycles. The minimum atomic E-state index is -1.21. The monoisotopic (exact) mass is 363 g/mol. The summed E-state index contributed by atoms with van der Waals surface area (Å²) < 4.78 is 1.42. The second-order valence-electron chi connectivity index (χ2n) is 7.49. The molecule has 0 bridgehead atoms. The lowest BCUT2D eigenvalue weighted by Gasteiger charge is -2.39. The molecule has 5 nitrogen and oxygen atoms in total. The summed E-state index contributed by atoms with van der Waals surface area (Å²) in [6.07, 6.45) is 11.1. The fourth-order valence-corrected chi connectivity index (χ4v) is 2.79. The van der Waals surface area contributed by atoms with Crippen LogP contribution in [-0.2, 0) is 0 Å². The topological polar surface area (TPSA) is 86.7 Å². The predicted octanol–water partition coefficient (Wildman–Crippen LogP) is 2.66. The van der Waals surface area contributed by atoms with Crippen molar-refractivity contribution in [3.05, 3.63) is 0 Å². The molecule has 5 heteroatoms. The molecule has 0 radical (unpaired) electrons. The summed E-state index contributed by atoms with van der Waals surface area (Å²) in [5.74, 6) is 0. The van der Waals surface area contributed by atoms with Crippen molar-refractivity contribution < 1.29 is 19.8 Å². The molecule has 0 fully saturated rings. The van der Waals surface area contributed by atoms with Crippen molar-refractivity contribution >= 4 is 0 Å². The van der Waals surface area contributed by atoms with Gasteiger partial charge in [-0.3, -0.25) is 0 Å². The van der Waals surface area contributed by atoms with Gasteiger partial charge in [0.25, 0.3) is 0 Å². The minimum absolute atomic E-state index is 0.403. The number of quaternary nitrogens is 1. The van der Waals surface area contributed by atoms with Crippen LogP contribution in [0.3, 0.4) is 0 Å². The average molecular weight is 364 g/mol. The molecule has 0 unspecified atom stereocenters. The van der Waals surface area contributed by atoms with E-state index in [1.807, 2.05) is 0 Å². The summed E-state index contributed by atoms with van der Waals surface area (Å²) in [7, 11) is 0. The molecule has 5 N–H and O–H groups in total. The maximum atomic E-state index is 8.34. The van der Waals surface area contributed by atoms with Crippen LogP contribution in [0.25, 0.3) is 0 Å². The average Bonchev–Trinajstić information content (AvgIpc) is 2.66. The highest BCUT2D eigenvalue weighted by Gasteiger charge is 2.24. The maximum Gasteiger partial charge on any atom is 0.0856 e. The van der Waals surface area contributed by atoms with Crippen molar-refractivity contribution in [1.82, 2.24) is 0 Å². The lowest BCUT2D eigenvalue weighted by molar-refractivity contribution is -0.929. The maximum absolute atomic E-state index is 8.34. The van der Waals surface area contributed by atoms with E-state index in [1.54, 1.807) is 0 Å². The summed E-state index contributed by atoms with van der Waals surface area (Å²) in [6, 6.07) is 0. The number of aliphatic hydroxyl groups is 3. The van der Waals surface area contributed by atoms with Gasteiger partial charge in [-0.25, -0.2) is 0 Å². The highest BCUT2D eigenvalue weighted by Crippen LogP contribution is 2.16. The molecule has 0 amide bonds. The Morgan fingerprint density at radius 2 is 0.840 bits per heavy atom. The Balaban J connectivity index is 0. The third kappa shape index (κ3) is 13.6. The van der Waals surface area contributed by atoms with E-state index in [2.05, 4.69) is 27.7 Å². The van der Waals surface area contributed by atoms with Crippen LogP contribution in [0.1, 0.15) is 79.1 Å². The van der Waals surface area contributed by atoms with Crippen molar-refractivity contribution in [2.24, 2.45) is 5.73 Å². The first-order valence-electron chi connectivity index (χ1n) is 10.4. The third-order valence-electron chi connectivity index (χ3n) is 4.89. The van der Waals surface area contributed by atoms with Crippen LogP contribution in [0.5, 0.6) is 0 Å². The molecule has 0 saturated heterocycles. The van der Waals surface area contributed by atoms with Gasteiger partial charge in [-0.2, -0.15) is 0 Å². The summed E-state index contributed by atoms with van der Waals surface area (Å²) in [6.45, 7) is 13.8. The van der Waals surface area contributed by atoms with Gasteiger partial charge < -0.3 is 25.5 Å². The molecule has 0 aliphatic heterocycles. The molecule has 154 valence electrons. The van der Waals surface area contributed by atoms with Gasteiger partial charge in [0.05, 0.1) is 51.5 Å². The third-order valence-corrected chi connectivity index (χ3v) is 4.89. The van der Waals surface area contributed by atoms with Crippen molar-refractivity contribution in [2.45, 2.75) is 84.6 Å². The van der Waals surface area contributed by atoms with Crippen molar-refractivity contribution in [2.75, 3.05) is 46.0 Å². The second-order valence-corrected chi connectivity index (χ2v) is 7.49. The largest absolute Gasteiger partial charge is 0.394 e. The van der Waals surface area contributed by atoms with Crippen LogP contribution >= 0.6 is 0 Å². The molecule has 0 spiro atoms. The van der Waals surface area contributed by atoms with Gasteiger partial charge in [-0.05, 0) is 25.7 Å². The second kappa shape index (κ2) is 17.2. The zero-order valence-electron chi connectivity index (χ0n) is 17.5. The van der Waals surface area contributed by atoms with E-state index in [1.165, 1.54) is 82.0 Å². The molecule has 0 aliphatic rings. The van der Waals surface area contributed by atoms with Gasteiger partial charge >= 0.3 is 0 Å². The minimum Gasteiger partial charge on any atom is -0.394 e. The molecule has 0 heterocycles. The van der Waals surface area contributed by atoms with E-state index >= 15 is 0 Å². The molecule has 0 aliphatic carbocycles. The summed E-state index contributed by atoms with van der Waals surface area (Å²) >= 11 is 0. The number of unbranched alkanes of at least 4 members (excludes halogenated alkanes) is 4. The highest BCUT2D eigenvalue weighted by atomic mass is 16.3. The standard InChI is InChI=1S/C16H36N.C4H11NO3/c1-5-9-13-17(14-10-6-2,15-11-7-3)16-12-8-4;5-4(1-6,2-7)3-8/h5-16H2,1-4H3;6-8H,1-3,5H2/q+1;. The fraction of sp³-hybridized carbons (Fsp3) is 1.00. The molecule has 0 aromatic rings. The van der Waals surface area contributed by atoms with Gasteiger partial charge in [0.1, 0.15) is 0 Å². The molecular formula is C20H47N2O3+. The van der Waals surface area contributed by atoms with E-state index in [4.69, 9.17) is 21.1 Å². The van der Waals surface area contributed by atoms with E-state index in [9.17, 15) is 0 Å². The van der Waals surface area contributed by atoms with E-state index in [0.717, 1.165) is 0 Å². The Morgan fingerprint density at radius 1 is 0.600 bits per heavy atom. The van der Waals surface area contributed by atoms with Crippen LogP contribution in [0.4, 0.5) is 0 Å². The Kier molecular flexibility index (Phi) is 18.6. The number of rotatable bonds is 15. The van der Waals surface area contributed by atoms with Gasteiger partial charge in [0.15, 0.2) is 0 Å². The zero-order chi connectivity index (χ0) is 19.6. The van der Waals surface area contributed by atoms with E-state index < -0.39 is 25.4 Å². The van der Waals surface area contributed by atoms with Crippen molar-refractivity contribution in [1.29, 1.82) is 0 Å². The van der Waals surface area contributed by atoms with E-state index in [-0.39, 0.29) is 0 Å². The molecule has 0 rings (SSSR count). The Hall–Kier alpha value is -0.200. The number of hydrogen-bond acceptors (Lipinski definition) is 4. The first kappa shape index (κ1) is 27.0. The molecule has 0 aromatic carbocycles. The summed E-state index contributed by atoms with van der Waals surface area (Å²) in [4.78, 5) is 0. The smallest absolute Gasteiger partial charge is 0.0856 e. The first-order chi connectivity index (χ1) is 11.9. The van der Waals surface area contributed by atoms with E-state index in [0.29, 0.717) is 0 Å². The molecular weight excluding hydrogens is 316 g/mol. The van der Waals surface area contributed by atoms with Crippen LogP contribution in [0.2, 0.25) is 0 Å². The summed E-state index contributed by atoms with van der Waals surface area (Å²) in [5.41, 5.74) is 3.94. The number of nitrogens with zero attached hydrogens (tertiary/aromatic N) is 1. The van der Waals surface area contributed by atoms with Gasteiger partial charge in [-0.1, -0.05) is 53.4 Å². The molecule has 0 atom stereocenters. The van der Waals surface area contributed by atoms with Gasteiger partial charge in [-0.15, -0.1) is 0 Å². The Morgan fingerprint density at radius 3 is 0.960 bits per heavy atom. The Bertz CT molecular complexity index is 226. The lowest BCUT2D eigenvalue weighted by Crippen LogP contribution is -2.50. The molecule has 25 heavy (non-hydrogen) atoms. The van der Waals surface area contributed by atoms with Crippen molar-refractivity contribution in [3.8, 4) is 0 Å². The zero-order valence-corrected chi connectivity index (χ0v) is 17.5. The number of aliphatic hydroxyl groups excluding tert-OH is 3. The SMILES string of the molecule is CCCC[N+](CCCC)(CCCC)CCCC.NC(CO)(CO)CO. The van der Waals surface area contributed by atoms with Crippen LogP contribution in [0, 0.1) is 0 Å². The summed E-state index contributed by atoms with van der Waals surface area (Å²) in [5, 5.41) is 25.0. The Labute approximate surface area is 156 Å². The van der Waals surface area contributed by atoms with Gasteiger partial charge in [0, 0.05) is 0 Å². The highest BCUT2D eigenvalue weighted by molar-refractivity contribution is 4.80. The lowest BCUT2D eigenvalue weighted by atomic mass is 10.1. The quantitative estimate of drug-likeness (QED) is 0.337. The van der Waals surface area contributed by atoms with Crippen LogP contribution in [-0.4, -0.2) is 71.3 Å². The van der Waals surface area contributed by atoms with Gasteiger partial charge in [0.2, 0.25) is 0 Å². The normalized spacial score (nSPS) is 12.0. The van der Waals surface area contributed by atoms with Crippen molar-refractivity contribution in [3.63, 3.8) is 0 Å². The number of nitrogens with two attached hydrogens (primary N) is 1. The number of hydrogen-bond donors (Lipinski definition) is 4. The molecule has 0 saturated carbocycles.